The number of benzene rings is 3. The first-order valence-electron chi connectivity index (χ1n) is 15.2. The Labute approximate surface area is 293 Å². The number of ether oxygens (including phenoxy) is 3. The quantitative estimate of drug-likeness (QED) is 0.141. The molecule has 3 aromatic carbocycles. The summed E-state index contributed by atoms with van der Waals surface area (Å²) in [6.45, 7) is 3.29. The van der Waals surface area contributed by atoms with Gasteiger partial charge in [0.05, 0.1) is 38.4 Å². The van der Waals surface area contributed by atoms with E-state index in [0.29, 0.717) is 27.6 Å². The van der Waals surface area contributed by atoms with E-state index in [4.69, 9.17) is 26.8 Å². The molecule has 16 heteroatoms. The van der Waals surface area contributed by atoms with Gasteiger partial charge in [0.15, 0.2) is 6.61 Å². The predicted molar refractivity (Wildman–Crippen MR) is 184 cm³/mol. The van der Waals surface area contributed by atoms with E-state index in [1.165, 1.54) is 44.8 Å². The Morgan fingerprint density at radius 1 is 1.02 bits per heavy atom. The van der Waals surface area contributed by atoms with Gasteiger partial charge in [-0.15, -0.1) is 0 Å². The summed E-state index contributed by atoms with van der Waals surface area (Å²) in [5, 5.41) is 7.34. The smallest absolute Gasteiger partial charge is 0.404 e. The molecule has 0 aliphatic heterocycles. The highest BCUT2D eigenvalue weighted by Crippen LogP contribution is 2.46. The Hall–Kier alpha value is -4.73. The Morgan fingerprint density at radius 3 is 2.38 bits per heavy atom. The van der Waals surface area contributed by atoms with Gasteiger partial charge in [-0.2, -0.15) is 5.10 Å². The molecule has 4 aromatic rings. The van der Waals surface area contributed by atoms with Crippen molar-refractivity contribution in [3.05, 3.63) is 94.8 Å². The molecule has 1 atom stereocenters. The second-order valence-electron chi connectivity index (χ2n) is 12.4. The lowest BCUT2D eigenvalue weighted by atomic mass is 9.74. The minimum atomic E-state index is -4.38. The zero-order chi connectivity index (χ0) is 36.9. The minimum absolute atomic E-state index is 0.00101. The fourth-order valence-electron chi connectivity index (χ4n) is 5.51. The van der Waals surface area contributed by atoms with Crippen molar-refractivity contribution in [3.8, 4) is 17.2 Å². The third-order valence-electron chi connectivity index (χ3n) is 7.67. The Morgan fingerprint density at radius 2 is 1.74 bits per heavy atom. The molecule has 1 unspecified atom stereocenters. The van der Waals surface area contributed by atoms with Gasteiger partial charge in [0.2, 0.25) is 15.9 Å². The number of halogens is 3. The summed E-state index contributed by atoms with van der Waals surface area (Å²) in [7, 11) is -1.46. The number of rotatable bonds is 14. The SMILES string of the molecule is COc1ccc(CNS(=O)(=O)c2cc(NC(=O)Cc3ccccc3Cl)ccc2-n2cc(C(C(C)(C)C)C(F)(F)COC(N)=O)cn2)c(OC)c1. The Bertz CT molecular complexity index is 1970. The topological polar surface area (TPSA) is 164 Å². The summed E-state index contributed by atoms with van der Waals surface area (Å²) < 4.78 is 77.7. The van der Waals surface area contributed by atoms with E-state index in [-0.39, 0.29) is 34.8 Å². The van der Waals surface area contributed by atoms with E-state index in [1.54, 1.807) is 63.2 Å². The van der Waals surface area contributed by atoms with Crippen LogP contribution in [0.2, 0.25) is 5.02 Å². The van der Waals surface area contributed by atoms with Crippen LogP contribution in [0.15, 0.2) is 78.0 Å². The molecule has 4 rings (SSSR count). The number of primary amides is 1. The van der Waals surface area contributed by atoms with E-state index in [0.717, 1.165) is 4.68 Å². The highest BCUT2D eigenvalue weighted by Gasteiger charge is 2.49. The highest BCUT2D eigenvalue weighted by molar-refractivity contribution is 7.89. The maximum absolute atomic E-state index is 15.5. The molecule has 0 aliphatic carbocycles. The van der Waals surface area contributed by atoms with E-state index in [2.05, 4.69) is 19.9 Å². The Balaban J connectivity index is 1.74. The zero-order valence-electron chi connectivity index (χ0n) is 28.0. The molecule has 0 spiro atoms. The minimum Gasteiger partial charge on any atom is -0.497 e. The number of carbonyl (C=O) groups is 2. The monoisotopic (exact) mass is 733 g/mol. The summed E-state index contributed by atoms with van der Waals surface area (Å²) in [6, 6.07) is 15.8. The van der Waals surface area contributed by atoms with Crippen molar-refractivity contribution in [1.82, 2.24) is 14.5 Å². The van der Waals surface area contributed by atoms with Crippen LogP contribution in [0.25, 0.3) is 5.69 Å². The number of nitrogens with one attached hydrogen (secondary N) is 2. The lowest BCUT2D eigenvalue weighted by molar-refractivity contribution is -0.115. The number of methoxy groups -OCH3 is 2. The number of anilines is 1. The third-order valence-corrected chi connectivity index (χ3v) is 9.47. The third kappa shape index (κ3) is 9.28. The van der Waals surface area contributed by atoms with Crippen LogP contribution in [0.4, 0.5) is 19.3 Å². The van der Waals surface area contributed by atoms with E-state index in [9.17, 15) is 18.0 Å². The van der Waals surface area contributed by atoms with Gasteiger partial charge in [-0.1, -0.05) is 56.6 Å². The number of nitrogens with zero attached hydrogens (tertiary/aromatic N) is 2. The Kier molecular flexibility index (Phi) is 11.8. The van der Waals surface area contributed by atoms with Gasteiger partial charge < -0.3 is 25.3 Å². The number of hydrogen-bond donors (Lipinski definition) is 3. The molecule has 2 amide bonds. The van der Waals surface area contributed by atoms with Crippen LogP contribution in [-0.4, -0.2) is 56.9 Å². The molecule has 0 bridgehead atoms. The molecule has 1 heterocycles. The molecule has 0 fully saturated rings. The molecular weight excluding hydrogens is 696 g/mol. The van der Waals surface area contributed by atoms with Crippen LogP contribution in [0.1, 0.15) is 43.4 Å². The van der Waals surface area contributed by atoms with E-state index >= 15 is 8.78 Å². The maximum Gasteiger partial charge on any atom is 0.404 e. The number of carbonyl (C=O) groups excluding carboxylic acids is 2. The highest BCUT2D eigenvalue weighted by atomic mass is 35.5. The molecule has 268 valence electrons. The van der Waals surface area contributed by atoms with Crippen LogP contribution in [0, 0.1) is 5.41 Å². The zero-order valence-corrected chi connectivity index (χ0v) is 29.6. The fourth-order valence-corrected chi connectivity index (χ4v) is 6.93. The normalized spacial score (nSPS) is 12.6. The first kappa shape index (κ1) is 38.1. The fraction of sp³-hybridized carbons (Fsp3) is 0.324. The van der Waals surface area contributed by atoms with Gasteiger partial charge in [-0.25, -0.2) is 31.4 Å². The van der Waals surface area contributed by atoms with E-state index in [1.807, 2.05) is 0 Å². The molecule has 0 radical (unpaired) electrons. The second kappa shape index (κ2) is 15.4. The van der Waals surface area contributed by atoms with Gasteiger partial charge in [0.1, 0.15) is 16.4 Å². The van der Waals surface area contributed by atoms with Crippen LogP contribution >= 0.6 is 11.6 Å². The van der Waals surface area contributed by atoms with E-state index < -0.39 is 45.9 Å². The number of amides is 2. The van der Waals surface area contributed by atoms with Crippen LogP contribution in [0.3, 0.4) is 0 Å². The van der Waals surface area contributed by atoms with Crippen molar-refractivity contribution in [2.75, 3.05) is 26.1 Å². The number of alkyl halides is 2. The largest absolute Gasteiger partial charge is 0.497 e. The number of sulfonamides is 1. The van der Waals surface area contributed by atoms with Gasteiger partial charge in [0, 0.05) is 40.6 Å². The van der Waals surface area contributed by atoms with Crippen molar-refractivity contribution < 1.29 is 41.0 Å². The average Bonchev–Trinajstić information content (AvgIpc) is 3.51. The molecule has 0 saturated heterocycles. The molecule has 0 saturated carbocycles. The summed E-state index contributed by atoms with van der Waals surface area (Å²) in [6.07, 6.45) is 1.05. The summed E-state index contributed by atoms with van der Waals surface area (Å²) in [5.41, 5.74) is 5.14. The van der Waals surface area contributed by atoms with Crippen molar-refractivity contribution in [2.45, 2.75) is 50.5 Å². The van der Waals surface area contributed by atoms with Gasteiger partial charge in [-0.3, -0.25) is 4.79 Å². The number of hydrogen-bond acceptors (Lipinski definition) is 8. The standard InChI is InChI=1S/C34H38ClF2N5O7S/c1-33(2,3)31(34(36,37)20-49-32(38)44)23-17-39-42(19-23)27-13-11-24(41-30(43)14-21-8-6-7-9-26(21)35)15-29(27)50(45,46)40-18-22-10-12-25(47-4)16-28(22)48-5/h6-13,15-17,19,31,40H,14,18,20H2,1-5H3,(H2,38,44)(H,41,43). The first-order chi connectivity index (χ1) is 23.4. The van der Waals surface area contributed by atoms with Crippen LogP contribution in [-0.2, 0) is 32.5 Å². The van der Waals surface area contributed by atoms with Crippen molar-refractivity contribution in [2.24, 2.45) is 11.1 Å². The molecule has 1 aromatic heterocycles. The lowest BCUT2D eigenvalue weighted by Gasteiger charge is -2.35. The van der Waals surface area contributed by atoms with Crippen molar-refractivity contribution in [3.63, 3.8) is 0 Å². The van der Waals surface area contributed by atoms with Crippen LogP contribution in [0.5, 0.6) is 11.5 Å². The summed E-state index contributed by atoms with van der Waals surface area (Å²) in [4.78, 5) is 23.8. The van der Waals surface area contributed by atoms with Crippen molar-refractivity contribution in [1.29, 1.82) is 0 Å². The van der Waals surface area contributed by atoms with Crippen LogP contribution < -0.4 is 25.2 Å². The number of aromatic nitrogens is 2. The molecular formula is C34H38ClF2N5O7S. The molecule has 4 N–H and O–H groups in total. The molecule has 0 aliphatic rings. The maximum atomic E-state index is 15.5. The summed E-state index contributed by atoms with van der Waals surface area (Å²) >= 11 is 6.21. The lowest BCUT2D eigenvalue weighted by Crippen LogP contribution is -2.40. The van der Waals surface area contributed by atoms with Gasteiger partial charge in [-0.05, 0) is 41.3 Å². The van der Waals surface area contributed by atoms with Crippen molar-refractivity contribution >= 4 is 39.3 Å². The molecule has 12 nitrogen and oxygen atoms in total. The second-order valence-corrected chi connectivity index (χ2v) is 14.5. The predicted octanol–water partition coefficient (Wildman–Crippen LogP) is 6.06. The first-order valence-corrected chi connectivity index (χ1v) is 17.0. The van der Waals surface area contributed by atoms with Gasteiger partial charge >= 0.3 is 6.09 Å². The number of nitrogens with two attached hydrogens (primary N) is 1. The molecule has 50 heavy (non-hydrogen) atoms. The average molecular weight is 734 g/mol. The van der Waals surface area contributed by atoms with Gasteiger partial charge in [0.25, 0.3) is 5.92 Å². The summed E-state index contributed by atoms with van der Waals surface area (Å²) in [5.74, 6) is -4.66.